The van der Waals surface area contributed by atoms with Crippen LogP contribution in [0.5, 0.6) is 0 Å². The highest BCUT2D eigenvalue weighted by Crippen LogP contribution is 2.13. The molecule has 0 aromatic carbocycles. The maximum Gasteiger partial charge on any atom is 0.346 e. The summed E-state index contributed by atoms with van der Waals surface area (Å²) in [5, 5.41) is 0. The molecule has 0 heterocycles. The first-order valence-electron chi connectivity index (χ1n) is 1.90. The number of rotatable bonds is 3. The summed E-state index contributed by atoms with van der Waals surface area (Å²) in [5.41, 5.74) is -2.22. The minimum absolute atomic E-state index is 2.22. The van der Waals surface area contributed by atoms with Crippen LogP contribution in [0, 0.1) is 0 Å². The van der Waals surface area contributed by atoms with Crippen molar-refractivity contribution in [1.29, 1.82) is 0 Å². The Bertz CT molecular complexity index is 78.2. The molecule has 1 nitrogen and oxygen atoms in total. The van der Waals surface area contributed by atoms with Gasteiger partial charge in [0.05, 0.1) is 0 Å². The van der Waals surface area contributed by atoms with Crippen molar-refractivity contribution in [1.82, 2.24) is 0 Å². The van der Waals surface area contributed by atoms with Gasteiger partial charge in [0.2, 0.25) is 0 Å². The van der Waals surface area contributed by atoms with Gasteiger partial charge in [0.15, 0.2) is 5.56 Å². The standard InChI is InChI=1S/C3H3ClF4O/c4-1(2(5)6)9-3(7)8/h1-3H. The summed E-state index contributed by atoms with van der Waals surface area (Å²) in [6, 6.07) is 0. The maximum absolute atomic E-state index is 11.2. The van der Waals surface area contributed by atoms with Gasteiger partial charge in [-0.15, -0.1) is 0 Å². The van der Waals surface area contributed by atoms with Gasteiger partial charge in [-0.25, -0.2) is 8.78 Å². The van der Waals surface area contributed by atoms with Crippen molar-refractivity contribution < 1.29 is 22.3 Å². The Balaban J connectivity index is 3.38. The molecule has 6 heteroatoms. The van der Waals surface area contributed by atoms with Crippen molar-refractivity contribution in [2.75, 3.05) is 0 Å². The van der Waals surface area contributed by atoms with Crippen molar-refractivity contribution in [2.24, 2.45) is 0 Å². The fourth-order valence-corrected chi connectivity index (χ4v) is 0.235. The number of alkyl halides is 5. The van der Waals surface area contributed by atoms with Gasteiger partial charge < -0.3 is 0 Å². The second-order valence-electron chi connectivity index (χ2n) is 1.08. The highest BCUT2D eigenvalue weighted by Gasteiger charge is 2.21. The lowest BCUT2D eigenvalue weighted by Crippen LogP contribution is -2.17. The van der Waals surface area contributed by atoms with E-state index in [0.717, 1.165) is 0 Å². The highest BCUT2D eigenvalue weighted by molar-refractivity contribution is 6.19. The van der Waals surface area contributed by atoms with Gasteiger partial charge in [0.25, 0.3) is 6.43 Å². The van der Waals surface area contributed by atoms with Crippen LogP contribution < -0.4 is 0 Å². The molecule has 0 aliphatic carbocycles. The second kappa shape index (κ2) is 3.90. The van der Waals surface area contributed by atoms with Crippen molar-refractivity contribution in [2.45, 2.75) is 18.6 Å². The summed E-state index contributed by atoms with van der Waals surface area (Å²) in [6.07, 6.45) is -3.08. The zero-order valence-corrected chi connectivity index (χ0v) is 4.79. The maximum atomic E-state index is 11.2. The van der Waals surface area contributed by atoms with E-state index in [1.165, 1.54) is 0 Å². The molecule has 0 saturated carbocycles. The van der Waals surface area contributed by atoms with Gasteiger partial charge in [-0.3, -0.25) is 4.74 Å². The topological polar surface area (TPSA) is 9.23 Å². The highest BCUT2D eigenvalue weighted by atomic mass is 35.5. The van der Waals surface area contributed by atoms with E-state index in [1.807, 2.05) is 0 Å². The summed E-state index contributed by atoms with van der Waals surface area (Å²) in [6.45, 7) is -3.25. The summed E-state index contributed by atoms with van der Waals surface area (Å²) in [4.78, 5) is 0. The lowest BCUT2D eigenvalue weighted by Gasteiger charge is -2.07. The Morgan fingerprint density at radius 2 is 1.56 bits per heavy atom. The zero-order chi connectivity index (χ0) is 7.44. The smallest absolute Gasteiger partial charge is 0.297 e. The summed E-state index contributed by atoms with van der Waals surface area (Å²) in [5.74, 6) is 0. The first-order valence-corrected chi connectivity index (χ1v) is 2.33. The third-order valence-electron chi connectivity index (χ3n) is 0.431. The third kappa shape index (κ3) is 4.47. The van der Waals surface area contributed by atoms with E-state index in [1.54, 1.807) is 0 Å². The number of halogens is 5. The molecule has 0 aromatic heterocycles. The van der Waals surface area contributed by atoms with Gasteiger partial charge in [-0.1, -0.05) is 11.6 Å². The molecule has 9 heavy (non-hydrogen) atoms. The van der Waals surface area contributed by atoms with Crippen LogP contribution >= 0.6 is 11.6 Å². The number of hydrogen-bond acceptors (Lipinski definition) is 1. The van der Waals surface area contributed by atoms with Crippen molar-refractivity contribution in [3.05, 3.63) is 0 Å². The van der Waals surface area contributed by atoms with Crippen LogP contribution in [-0.2, 0) is 4.74 Å². The summed E-state index contributed by atoms with van der Waals surface area (Å²) < 4.78 is 47.6. The minimum Gasteiger partial charge on any atom is -0.297 e. The molecule has 0 aromatic rings. The van der Waals surface area contributed by atoms with E-state index in [0.29, 0.717) is 0 Å². The zero-order valence-electron chi connectivity index (χ0n) is 4.03. The van der Waals surface area contributed by atoms with E-state index < -0.39 is 18.6 Å². The van der Waals surface area contributed by atoms with E-state index in [9.17, 15) is 17.6 Å². The molecule has 1 unspecified atom stereocenters. The SMILES string of the molecule is FC(F)OC(Cl)C(F)F. The normalized spacial score (nSPS) is 15.0. The fourth-order valence-electron chi connectivity index (χ4n) is 0.158. The lowest BCUT2D eigenvalue weighted by molar-refractivity contribution is -0.168. The Hall–Kier alpha value is -0.0300. The Morgan fingerprint density at radius 3 is 1.67 bits per heavy atom. The molecule has 0 saturated heterocycles. The lowest BCUT2D eigenvalue weighted by atomic mass is 10.8. The summed E-state index contributed by atoms with van der Waals surface area (Å²) in [7, 11) is 0. The number of ether oxygens (including phenoxy) is 1. The van der Waals surface area contributed by atoms with E-state index >= 15 is 0 Å². The molecule has 0 rings (SSSR count). The minimum atomic E-state index is -3.25. The van der Waals surface area contributed by atoms with E-state index in [-0.39, 0.29) is 0 Å². The predicted octanol–water partition coefficient (Wildman–Crippen LogP) is 2.06. The van der Waals surface area contributed by atoms with E-state index in [2.05, 4.69) is 16.3 Å². The molecule has 56 valence electrons. The van der Waals surface area contributed by atoms with Gasteiger partial charge >= 0.3 is 6.61 Å². The van der Waals surface area contributed by atoms with Gasteiger partial charge in [0, 0.05) is 0 Å². The van der Waals surface area contributed by atoms with Crippen LogP contribution in [0.1, 0.15) is 0 Å². The van der Waals surface area contributed by atoms with Crippen LogP contribution in [0.2, 0.25) is 0 Å². The van der Waals surface area contributed by atoms with Gasteiger partial charge in [0.1, 0.15) is 0 Å². The Labute approximate surface area is 53.5 Å². The molecular weight excluding hydrogens is 163 g/mol. The molecule has 0 radical (unpaired) electrons. The quantitative estimate of drug-likeness (QED) is 0.461. The van der Waals surface area contributed by atoms with Crippen LogP contribution in [-0.4, -0.2) is 18.6 Å². The molecule has 0 aliphatic rings. The molecule has 0 N–H and O–H groups in total. The molecule has 1 atom stereocenters. The largest absolute Gasteiger partial charge is 0.346 e. The third-order valence-corrected chi connectivity index (χ3v) is 0.724. The van der Waals surface area contributed by atoms with Gasteiger partial charge in [-0.2, -0.15) is 8.78 Å². The van der Waals surface area contributed by atoms with Crippen LogP contribution in [0.4, 0.5) is 17.6 Å². The van der Waals surface area contributed by atoms with Crippen molar-refractivity contribution >= 4 is 11.6 Å². The summed E-state index contributed by atoms with van der Waals surface area (Å²) >= 11 is 4.56. The molecule has 0 amide bonds. The monoisotopic (exact) mass is 166 g/mol. The van der Waals surface area contributed by atoms with Gasteiger partial charge in [-0.05, 0) is 0 Å². The predicted molar refractivity (Wildman–Crippen MR) is 22.7 cm³/mol. The average Bonchev–Trinajstić information content (AvgIpc) is 1.63. The number of hydrogen-bond donors (Lipinski definition) is 0. The second-order valence-corrected chi connectivity index (χ2v) is 1.51. The van der Waals surface area contributed by atoms with Crippen LogP contribution in [0.15, 0.2) is 0 Å². The Morgan fingerprint density at radius 1 is 1.11 bits per heavy atom. The van der Waals surface area contributed by atoms with E-state index in [4.69, 9.17) is 0 Å². The van der Waals surface area contributed by atoms with Crippen molar-refractivity contribution in [3.63, 3.8) is 0 Å². The molecule has 0 bridgehead atoms. The molecule has 0 spiro atoms. The molecule has 0 aliphatic heterocycles. The first kappa shape index (κ1) is 8.97. The average molecular weight is 167 g/mol. The fraction of sp³-hybridized carbons (Fsp3) is 1.00. The van der Waals surface area contributed by atoms with Crippen LogP contribution in [0.3, 0.4) is 0 Å². The van der Waals surface area contributed by atoms with Crippen LogP contribution in [0.25, 0.3) is 0 Å². The van der Waals surface area contributed by atoms with Crippen molar-refractivity contribution in [3.8, 4) is 0 Å². The molecular formula is C3H3ClF4O. The Kier molecular flexibility index (Phi) is 3.88. The first-order chi connectivity index (χ1) is 4.04. The molecule has 0 fully saturated rings.